The lowest BCUT2D eigenvalue weighted by Crippen LogP contribution is -2.06. The Morgan fingerprint density at radius 3 is 2.07 bits per heavy atom. The third-order valence-electron chi connectivity index (χ3n) is 1.34. The van der Waals surface area contributed by atoms with Crippen LogP contribution in [0.4, 0.5) is 8.78 Å². The summed E-state index contributed by atoms with van der Waals surface area (Å²) in [7, 11) is -3.77. The van der Waals surface area contributed by atoms with E-state index < -0.39 is 21.7 Å². The topological polar surface area (TPSA) is 60.2 Å². The molecule has 0 radical (unpaired) electrons. The van der Waals surface area contributed by atoms with Crippen molar-refractivity contribution in [2.75, 3.05) is 0 Å². The summed E-state index contributed by atoms with van der Waals surface area (Å²) in [4.78, 5) is 0. The van der Waals surface area contributed by atoms with E-state index in [-0.39, 0.29) is 5.56 Å². The predicted octanol–water partition coefficient (Wildman–Crippen LogP) is 1.22. The molecule has 0 saturated carbocycles. The van der Waals surface area contributed by atoms with E-state index in [1.807, 2.05) is 0 Å². The number of benzene rings is 1. The molecule has 0 bridgehead atoms. The largest absolute Gasteiger partial charge is 0.231 e. The molecule has 0 atom stereocenters. The standard InChI is InChI=1S/C8H7F2NO2S/c9-7-3-6(4-8(10)5-7)1-2-14(11,12)13/h1-5H,(H2,11,12,13)/b2-1+. The zero-order valence-corrected chi connectivity index (χ0v) is 7.76. The molecule has 0 fully saturated rings. The number of primary sulfonamides is 1. The molecule has 0 unspecified atom stereocenters. The first-order valence-corrected chi connectivity index (χ1v) is 5.15. The summed E-state index contributed by atoms with van der Waals surface area (Å²) in [5.41, 5.74) is 0.0940. The second kappa shape index (κ2) is 3.85. The van der Waals surface area contributed by atoms with E-state index in [1.54, 1.807) is 0 Å². The van der Waals surface area contributed by atoms with Crippen molar-refractivity contribution < 1.29 is 17.2 Å². The summed E-state index contributed by atoms with van der Waals surface area (Å²) in [6.45, 7) is 0. The molecule has 0 aliphatic heterocycles. The highest BCUT2D eigenvalue weighted by atomic mass is 32.2. The molecule has 2 N–H and O–H groups in total. The van der Waals surface area contributed by atoms with Gasteiger partial charge in [-0.05, 0) is 23.8 Å². The van der Waals surface area contributed by atoms with Gasteiger partial charge in [0.25, 0.3) is 0 Å². The maximum absolute atomic E-state index is 12.6. The minimum absolute atomic E-state index is 0.0940. The van der Waals surface area contributed by atoms with E-state index in [4.69, 9.17) is 0 Å². The maximum Gasteiger partial charge on any atom is 0.231 e. The van der Waals surface area contributed by atoms with E-state index in [1.165, 1.54) is 0 Å². The van der Waals surface area contributed by atoms with Crippen LogP contribution in [0.15, 0.2) is 23.6 Å². The molecule has 0 aliphatic carbocycles. The van der Waals surface area contributed by atoms with Crippen LogP contribution < -0.4 is 5.14 Å². The number of halogens is 2. The monoisotopic (exact) mass is 219 g/mol. The van der Waals surface area contributed by atoms with Crippen LogP contribution >= 0.6 is 0 Å². The summed E-state index contributed by atoms with van der Waals surface area (Å²) in [6.07, 6.45) is 1.02. The Hall–Kier alpha value is -1.27. The lowest BCUT2D eigenvalue weighted by molar-refractivity contribution is 0.582. The van der Waals surface area contributed by atoms with Gasteiger partial charge in [0.05, 0.1) is 0 Å². The van der Waals surface area contributed by atoms with E-state index in [0.29, 0.717) is 11.5 Å². The number of hydrogen-bond acceptors (Lipinski definition) is 2. The van der Waals surface area contributed by atoms with Crippen molar-refractivity contribution in [2.24, 2.45) is 5.14 Å². The molecule has 76 valence electrons. The van der Waals surface area contributed by atoms with Gasteiger partial charge in [0.15, 0.2) is 0 Å². The van der Waals surface area contributed by atoms with Crippen LogP contribution in [0.5, 0.6) is 0 Å². The van der Waals surface area contributed by atoms with Gasteiger partial charge in [0, 0.05) is 11.5 Å². The summed E-state index contributed by atoms with van der Waals surface area (Å²) >= 11 is 0. The fourth-order valence-electron chi connectivity index (χ4n) is 0.845. The lowest BCUT2D eigenvalue weighted by atomic mass is 10.2. The SMILES string of the molecule is NS(=O)(=O)/C=C/c1cc(F)cc(F)c1. The van der Waals surface area contributed by atoms with E-state index >= 15 is 0 Å². The van der Waals surface area contributed by atoms with Crippen LogP contribution in [-0.4, -0.2) is 8.42 Å². The van der Waals surface area contributed by atoms with Crippen molar-refractivity contribution in [3.63, 3.8) is 0 Å². The third kappa shape index (κ3) is 3.63. The molecule has 0 amide bonds. The van der Waals surface area contributed by atoms with Crippen LogP contribution in [-0.2, 0) is 10.0 Å². The average molecular weight is 219 g/mol. The summed E-state index contributed by atoms with van der Waals surface area (Å²) < 4.78 is 46.1. The molecule has 6 heteroatoms. The highest BCUT2D eigenvalue weighted by Gasteiger charge is 1.99. The van der Waals surface area contributed by atoms with Crippen LogP contribution in [0.2, 0.25) is 0 Å². The smallest absolute Gasteiger partial charge is 0.225 e. The number of hydrogen-bond donors (Lipinski definition) is 1. The van der Waals surface area contributed by atoms with Crippen molar-refractivity contribution in [3.8, 4) is 0 Å². The number of nitrogens with two attached hydrogens (primary N) is 1. The normalized spacial score (nSPS) is 12.2. The predicted molar refractivity (Wildman–Crippen MR) is 48.5 cm³/mol. The molecular weight excluding hydrogens is 212 g/mol. The molecule has 3 nitrogen and oxygen atoms in total. The molecule has 0 spiro atoms. The van der Waals surface area contributed by atoms with Gasteiger partial charge in [-0.15, -0.1) is 0 Å². The van der Waals surface area contributed by atoms with E-state index in [2.05, 4.69) is 5.14 Å². The van der Waals surface area contributed by atoms with Crippen LogP contribution in [0.3, 0.4) is 0 Å². The van der Waals surface area contributed by atoms with Gasteiger partial charge in [-0.1, -0.05) is 0 Å². The van der Waals surface area contributed by atoms with Gasteiger partial charge in [0.2, 0.25) is 10.0 Å². The summed E-state index contributed by atoms with van der Waals surface area (Å²) in [5, 5.41) is 5.33. The Morgan fingerprint density at radius 2 is 1.64 bits per heavy atom. The molecule has 0 saturated heterocycles. The Kier molecular flexibility index (Phi) is 2.97. The Balaban J connectivity index is 3.04. The number of rotatable bonds is 2. The highest BCUT2D eigenvalue weighted by molar-refractivity contribution is 7.92. The Bertz CT molecular complexity index is 448. The quantitative estimate of drug-likeness (QED) is 0.813. The Labute approximate surface area is 79.9 Å². The van der Waals surface area contributed by atoms with Crippen LogP contribution in [0.25, 0.3) is 6.08 Å². The van der Waals surface area contributed by atoms with Crippen molar-refractivity contribution in [2.45, 2.75) is 0 Å². The Morgan fingerprint density at radius 1 is 1.14 bits per heavy atom. The van der Waals surface area contributed by atoms with Crippen molar-refractivity contribution in [1.82, 2.24) is 0 Å². The summed E-state index contributed by atoms with van der Waals surface area (Å²) in [5.74, 6) is -1.56. The van der Waals surface area contributed by atoms with Gasteiger partial charge in [0.1, 0.15) is 11.6 Å². The fraction of sp³-hybridized carbons (Fsp3) is 0. The van der Waals surface area contributed by atoms with E-state index in [0.717, 1.165) is 18.2 Å². The van der Waals surface area contributed by atoms with Gasteiger partial charge in [-0.3, -0.25) is 0 Å². The van der Waals surface area contributed by atoms with Crippen LogP contribution in [0.1, 0.15) is 5.56 Å². The maximum atomic E-state index is 12.6. The zero-order chi connectivity index (χ0) is 10.8. The molecule has 1 aromatic carbocycles. The van der Waals surface area contributed by atoms with Crippen molar-refractivity contribution >= 4 is 16.1 Å². The van der Waals surface area contributed by atoms with Crippen molar-refractivity contribution in [3.05, 3.63) is 40.8 Å². The molecule has 1 aromatic rings. The van der Waals surface area contributed by atoms with Crippen molar-refractivity contribution in [1.29, 1.82) is 0 Å². The highest BCUT2D eigenvalue weighted by Crippen LogP contribution is 2.09. The molecule has 0 aliphatic rings. The number of sulfonamides is 1. The minimum atomic E-state index is -3.77. The fourth-order valence-corrected chi connectivity index (χ4v) is 1.19. The first-order valence-electron chi connectivity index (χ1n) is 3.54. The van der Waals surface area contributed by atoms with Crippen LogP contribution in [0, 0.1) is 11.6 Å². The van der Waals surface area contributed by atoms with Gasteiger partial charge in [-0.25, -0.2) is 22.3 Å². The lowest BCUT2D eigenvalue weighted by Gasteiger charge is -1.94. The third-order valence-corrected chi connectivity index (χ3v) is 1.85. The van der Waals surface area contributed by atoms with Gasteiger partial charge in [-0.2, -0.15) is 0 Å². The minimum Gasteiger partial charge on any atom is -0.225 e. The average Bonchev–Trinajstić information content (AvgIpc) is 1.97. The molecule has 0 aromatic heterocycles. The molecule has 14 heavy (non-hydrogen) atoms. The van der Waals surface area contributed by atoms with E-state index in [9.17, 15) is 17.2 Å². The molecule has 1 rings (SSSR count). The van der Waals surface area contributed by atoms with Gasteiger partial charge < -0.3 is 0 Å². The zero-order valence-electron chi connectivity index (χ0n) is 6.94. The van der Waals surface area contributed by atoms with Gasteiger partial charge >= 0.3 is 0 Å². The molecular formula is C8H7F2NO2S. The first-order chi connectivity index (χ1) is 6.37. The molecule has 0 heterocycles. The second-order valence-electron chi connectivity index (χ2n) is 2.59. The first kappa shape index (κ1) is 10.8. The summed E-state index contributed by atoms with van der Waals surface area (Å²) in [6, 6.07) is 2.67. The second-order valence-corrected chi connectivity index (χ2v) is 4.04.